The van der Waals surface area contributed by atoms with Gasteiger partial charge in [-0.3, -0.25) is 0 Å². The Labute approximate surface area is 226 Å². The Morgan fingerprint density at radius 1 is 0.941 bits per heavy atom. The molecule has 0 saturated heterocycles. The summed E-state index contributed by atoms with van der Waals surface area (Å²) >= 11 is 6.68. The van der Waals surface area contributed by atoms with E-state index in [1.807, 2.05) is 28.8 Å². The zero-order chi connectivity index (χ0) is 22.4. The molecule has 0 aliphatic carbocycles. The molecule has 0 N–H and O–H groups in total. The molecule has 0 amide bonds. The Morgan fingerprint density at radius 3 is 2.18 bits per heavy atom. The van der Waals surface area contributed by atoms with Crippen LogP contribution in [0.4, 0.5) is 17.3 Å². The molecule has 0 bridgehead atoms. The van der Waals surface area contributed by atoms with Crippen molar-refractivity contribution in [2.75, 3.05) is 57.2 Å². The average molecular weight is 554 g/mol. The maximum Gasteiger partial charge on any atom is 0.159 e. The number of ether oxygens (including phenoxy) is 1. The fraction of sp³-hybridized carbons (Fsp3) is 0.478. The van der Waals surface area contributed by atoms with Crippen LogP contribution < -0.4 is 14.5 Å². The van der Waals surface area contributed by atoms with Crippen LogP contribution in [-0.4, -0.2) is 66.9 Å². The molecule has 0 aliphatic heterocycles. The Bertz CT molecular complexity index is 995. The molecule has 0 unspecified atom stereocenters. The zero-order valence-electron chi connectivity index (χ0n) is 20.4. The van der Waals surface area contributed by atoms with Crippen LogP contribution in [0.3, 0.4) is 0 Å². The van der Waals surface area contributed by atoms with E-state index >= 15 is 0 Å². The van der Waals surface area contributed by atoms with Gasteiger partial charge in [-0.1, -0.05) is 25.4 Å². The Balaban J connectivity index is 0.00000363. The highest BCUT2D eigenvalue weighted by atomic mass is 35.5. The van der Waals surface area contributed by atoms with Crippen molar-refractivity contribution in [2.24, 2.45) is 0 Å². The molecule has 0 aliphatic rings. The summed E-state index contributed by atoms with van der Waals surface area (Å²) in [6, 6.07) is 9.85. The number of fused-ring (bicyclic) bond motifs is 1. The van der Waals surface area contributed by atoms with Crippen molar-refractivity contribution in [1.29, 1.82) is 0 Å². The van der Waals surface area contributed by atoms with Crippen LogP contribution in [0, 0.1) is 0 Å². The van der Waals surface area contributed by atoms with Gasteiger partial charge < -0.3 is 19.4 Å². The largest absolute Gasteiger partial charge is 0.497 e. The summed E-state index contributed by atoms with van der Waals surface area (Å²) in [5, 5.41) is 5.17. The van der Waals surface area contributed by atoms with Crippen LogP contribution in [0.1, 0.15) is 26.7 Å². The number of nitrogens with zero attached hydrogens (tertiary/aromatic N) is 6. The van der Waals surface area contributed by atoms with Crippen molar-refractivity contribution in [3.8, 4) is 5.75 Å². The van der Waals surface area contributed by atoms with Crippen LogP contribution in [-0.2, 0) is 0 Å². The first-order valence-corrected chi connectivity index (χ1v) is 11.2. The summed E-state index contributed by atoms with van der Waals surface area (Å²) in [6.45, 7) is 7.94. The lowest BCUT2D eigenvalue weighted by Crippen LogP contribution is -2.31. The lowest BCUT2D eigenvalue weighted by molar-refractivity contribution is 0.414. The molecule has 0 spiro atoms. The minimum absolute atomic E-state index is 0. The van der Waals surface area contributed by atoms with Crippen LogP contribution in [0.2, 0.25) is 5.02 Å². The first kappa shape index (κ1) is 32.4. The lowest BCUT2D eigenvalue weighted by atomic mass is 10.2. The predicted octanol–water partition coefficient (Wildman–Crippen LogP) is 5.98. The van der Waals surface area contributed by atoms with Crippen molar-refractivity contribution in [3.05, 3.63) is 41.6 Å². The van der Waals surface area contributed by atoms with Crippen LogP contribution >= 0.6 is 48.8 Å². The van der Waals surface area contributed by atoms with Crippen molar-refractivity contribution in [2.45, 2.75) is 26.7 Å². The summed E-state index contributed by atoms with van der Waals surface area (Å²) in [5.41, 5.74) is 1.73. The van der Waals surface area contributed by atoms with Gasteiger partial charge in [0.2, 0.25) is 0 Å². The molecule has 192 valence electrons. The first-order valence-electron chi connectivity index (χ1n) is 10.8. The quantitative estimate of drug-likeness (QED) is 0.291. The Hall–Kier alpha value is -1.64. The second-order valence-electron chi connectivity index (χ2n) is 7.83. The van der Waals surface area contributed by atoms with Gasteiger partial charge in [-0.05, 0) is 39.1 Å². The van der Waals surface area contributed by atoms with Crippen molar-refractivity contribution in [1.82, 2.24) is 19.5 Å². The molecule has 11 heteroatoms. The van der Waals surface area contributed by atoms with E-state index in [0.717, 1.165) is 67.7 Å². The first-order chi connectivity index (χ1) is 15.0. The molecule has 0 radical (unpaired) electrons. The highest BCUT2D eigenvalue weighted by Gasteiger charge is 2.20. The molecule has 0 atom stereocenters. The van der Waals surface area contributed by atoms with E-state index in [1.165, 1.54) is 0 Å². The van der Waals surface area contributed by atoms with Gasteiger partial charge in [0, 0.05) is 44.4 Å². The fourth-order valence-corrected chi connectivity index (χ4v) is 3.89. The third kappa shape index (κ3) is 7.68. The van der Waals surface area contributed by atoms with E-state index in [2.05, 4.69) is 53.8 Å². The number of methoxy groups -OCH3 is 1. The van der Waals surface area contributed by atoms with E-state index in [1.54, 1.807) is 13.3 Å². The normalized spacial score (nSPS) is 10.3. The van der Waals surface area contributed by atoms with E-state index in [9.17, 15) is 0 Å². The van der Waals surface area contributed by atoms with Gasteiger partial charge in [0.25, 0.3) is 0 Å². The maximum absolute atomic E-state index is 6.68. The molecule has 2 heterocycles. The topological polar surface area (TPSA) is 49.1 Å². The number of hydrogen-bond donors (Lipinski definition) is 0. The minimum atomic E-state index is 0. The van der Waals surface area contributed by atoms with E-state index < -0.39 is 0 Å². The summed E-state index contributed by atoms with van der Waals surface area (Å²) in [7, 11) is 5.78. The van der Waals surface area contributed by atoms with Gasteiger partial charge in [-0.2, -0.15) is 9.61 Å². The number of aromatic nitrogens is 3. The standard InChI is InChI=1S/C23H33ClN6O.3ClH/c1-6-12-28(13-7-2)23-17-22(26-21-10-11-25-30(21)23)29(15-14-27(3)4)20-9-8-18(31-5)16-19(20)24;;;/h8-11,16-17H,6-7,12-15H2,1-5H3;3*1H. The van der Waals surface area contributed by atoms with Gasteiger partial charge in [0.05, 0.1) is 24.0 Å². The van der Waals surface area contributed by atoms with E-state index in [4.69, 9.17) is 21.3 Å². The molecule has 7 nitrogen and oxygen atoms in total. The summed E-state index contributed by atoms with van der Waals surface area (Å²) in [6.07, 6.45) is 3.93. The van der Waals surface area contributed by atoms with Gasteiger partial charge in [-0.25, -0.2) is 4.98 Å². The van der Waals surface area contributed by atoms with E-state index in [0.29, 0.717) is 5.02 Å². The Kier molecular flexibility index (Phi) is 14.6. The van der Waals surface area contributed by atoms with Gasteiger partial charge in [0.1, 0.15) is 17.4 Å². The highest BCUT2D eigenvalue weighted by Crippen LogP contribution is 2.35. The summed E-state index contributed by atoms with van der Waals surface area (Å²) in [5.74, 6) is 2.64. The zero-order valence-corrected chi connectivity index (χ0v) is 23.6. The fourth-order valence-electron chi connectivity index (χ4n) is 3.62. The van der Waals surface area contributed by atoms with Crippen molar-refractivity contribution in [3.63, 3.8) is 0 Å². The third-order valence-corrected chi connectivity index (χ3v) is 5.43. The highest BCUT2D eigenvalue weighted by molar-refractivity contribution is 6.33. The van der Waals surface area contributed by atoms with E-state index in [-0.39, 0.29) is 37.2 Å². The van der Waals surface area contributed by atoms with Crippen molar-refractivity contribution >= 4 is 71.8 Å². The molecule has 3 rings (SSSR count). The molecule has 34 heavy (non-hydrogen) atoms. The molecule has 3 aromatic rings. The van der Waals surface area contributed by atoms with Crippen LogP contribution in [0.5, 0.6) is 5.75 Å². The van der Waals surface area contributed by atoms with Crippen LogP contribution in [0.15, 0.2) is 36.5 Å². The van der Waals surface area contributed by atoms with Gasteiger partial charge in [0.15, 0.2) is 5.65 Å². The molecule has 2 aromatic heterocycles. The molecule has 0 saturated carbocycles. The predicted molar refractivity (Wildman–Crippen MR) is 151 cm³/mol. The van der Waals surface area contributed by atoms with Gasteiger partial charge >= 0.3 is 0 Å². The lowest BCUT2D eigenvalue weighted by Gasteiger charge is -2.29. The Morgan fingerprint density at radius 2 is 1.62 bits per heavy atom. The molecular formula is C23H36Cl4N6O. The number of benzene rings is 1. The second-order valence-corrected chi connectivity index (χ2v) is 8.24. The number of likely N-dealkylation sites (N-methyl/N-ethyl adjacent to an activating group) is 1. The molecule has 1 aromatic carbocycles. The summed E-state index contributed by atoms with van der Waals surface area (Å²) < 4.78 is 7.27. The number of halogens is 4. The molecular weight excluding hydrogens is 518 g/mol. The SMILES string of the molecule is CCCN(CCC)c1cc(N(CCN(C)C)c2ccc(OC)cc2Cl)nc2ccnn12.Cl.Cl.Cl. The monoisotopic (exact) mass is 552 g/mol. The summed E-state index contributed by atoms with van der Waals surface area (Å²) in [4.78, 5) is 11.6. The minimum Gasteiger partial charge on any atom is -0.497 e. The number of hydrogen-bond acceptors (Lipinski definition) is 6. The molecule has 0 fully saturated rings. The number of rotatable bonds is 11. The van der Waals surface area contributed by atoms with Crippen molar-refractivity contribution < 1.29 is 4.74 Å². The maximum atomic E-state index is 6.68. The smallest absolute Gasteiger partial charge is 0.159 e. The second kappa shape index (κ2) is 15.4. The van der Waals surface area contributed by atoms with Crippen LogP contribution in [0.25, 0.3) is 5.65 Å². The van der Waals surface area contributed by atoms with Gasteiger partial charge in [-0.15, -0.1) is 37.2 Å². The third-order valence-electron chi connectivity index (χ3n) is 5.13. The number of anilines is 3. The average Bonchev–Trinajstić information content (AvgIpc) is 3.22.